The van der Waals surface area contributed by atoms with Crippen molar-refractivity contribution in [1.29, 1.82) is 0 Å². The quantitative estimate of drug-likeness (QED) is 0.555. The zero-order valence-electron chi connectivity index (χ0n) is 15.3. The van der Waals surface area contributed by atoms with Crippen LogP contribution in [0.5, 0.6) is 0 Å². The van der Waals surface area contributed by atoms with Crippen LogP contribution in [0.4, 0.5) is 0 Å². The van der Waals surface area contributed by atoms with Gasteiger partial charge in [0.05, 0.1) is 10.8 Å². The van der Waals surface area contributed by atoms with Gasteiger partial charge >= 0.3 is 0 Å². The van der Waals surface area contributed by atoms with E-state index in [1.165, 1.54) is 11.8 Å². The lowest BCUT2D eigenvalue weighted by atomic mass is 10.2. The average molecular weight is 401 g/mol. The largest absolute Gasteiger partial charge is 0.338 e. The Morgan fingerprint density at radius 3 is 2.52 bits per heavy atom. The number of hydrogen-bond acceptors (Lipinski definition) is 4. The van der Waals surface area contributed by atoms with Crippen molar-refractivity contribution >= 4 is 29.3 Å². The molecule has 7 heteroatoms. The molecule has 0 aliphatic rings. The van der Waals surface area contributed by atoms with Crippen LogP contribution in [0.25, 0.3) is 11.4 Å². The zero-order chi connectivity index (χ0) is 19.2. The van der Waals surface area contributed by atoms with Gasteiger partial charge in [0.1, 0.15) is 0 Å². The topological polar surface area (TPSA) is 51.0 Å². The van der Waals surface area contributed by atoms with Crippen LogP contribution in [0.3, 0.4) is 0 Å². The van der Waals surface area contributed by atoms with Gasteiger partial charge in [-0.2, -0.15) is 0 Å². The normalized spacial score (nSPS) is 10.8. The molecule has 0 bridgehead atoms. The highest BCUT2D eigenvalue weighted by Crippen LogP contribution is 2.28. The molecule has 3 aromatic rings. The van der Waals surface area contributed by atoms with E-state index in [9.17, 15) is 4.79 Å². The highest BCUT2D eigenvalue weighted by molar-refractivity contribution is 7.99. The molecule has 0 saturated heterocycles. The average Bonchev–Trinajstić information content (AvgIpc) is 3.05. The number of carbonyl (C=O) groups excluding carboxylic acids is 1. The van der Waals surface area contributed by atoms with Crippen molar-refractivity contribution in [1.82, 2.24) is 19.7 Å². The number of halogens is 1. The van der Waals surface area contributed by atoms with Crippen molar-refractivity contribution in [2.75, 3.05) is 12.3 Å². The number of rotatable bonds is 7. The molecule has 2 aromatic carbocycles. The number of nitrogens with zero attached hydrogens (tertiary/aromatic N) is 4. The van der Waals surface area contributed by atoms with E-state index in [2.05, 4.69) is 10.2 Å². The first-order chi connectivity index (χ1) is 13.1. The molecule has 5 nitrogen and oxygen atoms in total. The molecular formula is C20H21ClN4OS. The molecule has 0 unspecified atom stereocenters. The van der Waals surface area contributed by atoms with Gasteiger partial charge in [-0.15, -0.1) is 10.2 Å². The highest BCUT2D eigenvalue weighted by atomic mass is 35.5. The number of hydrogen-bond donors (Lipinski definition) is 0. The van der Waals surface area contributed by atoms with E-state index in [4.69, 9.17) is 11.6 Å². The molecule has 0 aliphatic carbocycles. The summed E-state index contributed by atoms with van der Waals surface area (Å²) in [5.74, 6) is 1.08. The maximum absolute atomic E-state index is 12.6. The van der Waals surface area contributed by atoms with Crippen molar-refractivity contribution in [3.05, 3.63) is 65.2 Å². The van der Waals surface area contributed by atoms with Crippen LogP contribution in [-0.4, -0.2) is 37.9 Å². The highest BCUT2D eigenvalue weighted by Gasteiger charge is 2.17. The van der Waals surface area contributed by atoms with E-state index in [0.29, 0.717) is 34.8 Å². The second-order valence-electron chi connectivity index (χ2n) is 6.03. The van der Waals surface area contributed by atoms with Gasteiger partial charge in [0.15, 0.2) is 11.0 Å². The van der Waals surface area contributed by atoms with Crippen molar-refractivity contribution in [2.24, 2.45) is 7.05 Å². The summed E-state index contributed by atoms with van der Waals surface area (Å²) in [4.78, 5) is 14.5. The van der Waals surface area contributed by atoms with Crippen molar-refractivity contribution in [3.63, 3.8) is 0 Å². The first-order valence-corrected chi connectivity index (χ1v) is 10.0. The lowest BCUT2D eigenvalue weighted by molar-refractivity contribution is -0.128. The fourth-order valence-electron chi connectivity index (χ4n) is 2.72. The second kappa shape index (κ2) is 9.06. The third-order valence-corrected chi connectivity index (χ3v) is 5.56. The zero-order valence-corrected chi connectivity index (χ0v) is 16.9. The molecule has 27 heavy (non-hydrogen) atoms. The van der Waals surface area contributed by atoms with E-state index >= 15 is 0 Å². The van der Waals surface area contributed by atoms with Crippen molar-refractivity contribution in [2.45, 2.75) is 18.6 Å². The fraction of sp³-hybridized carbons (Fsp3) is 0.250. The molecule has 0 radical (unpaired) electrons. The van der Waals surface area contributed by atoms with Crippen LogP contribution in [0.2, 0.25) is 5.02 Å². The lowest BCUT2D eigenvalue weighted by Crippen LogP contribution is -2.31. The maximum atomic E-state index is 12.6. The smallest absolute Gasteiger partial charge is 0.233 e. The van der Waals surface area contributed by atoms with Crippen LogP contribution in [-0.2, 0) is 18.4 Å². The Bertz CT molecular complexity index is 913. The Morgan fingerprint density at radius 1 is 1.11 bits per heavy atom. The Balaban J connectivity index is 1.66. The Morgan fingerprint density at radius 2 is 1.81 bits per heavy atom. The molecule has 0 aliphatic heterocycles. The molecule has 0 saturated carbocycles. The number of carbonyl (C=O) groups is 1. The minimum Gasteiger partial charge on any atom is -0.338 e. The molecule has 1 heterocycles. The number of aromatic nitrogens is 3. The molecule has 0 N–H and O–H groups in total. The number of benzene rings is 2. The summed E-state index contributed by atoms with van der Waals surface area (Å²) in [5.41, 5.74) is 1.95. The van der Waals surface area contributed by atoms with E-state index < -0.39 is 0 Å². The van der Waals surface area contributed by atoms with Crippen LogP contribution in [0.15, 0.2) is 59.8 Å². The van der Waals surface area contributed by atoms with Crippen LogP contribution in [0.1, 0.15) is 12.5 Å². The minimum absolute atomic E-state index is 0.0775. The molecular weight excluding hydrogens is 380 g/mol. The summed E-state index contributed by atoms with van der Waals surface area (Å²) < 4.78 is 1.87. The summed E-state index contributed by atoms with van der Waals surface area (Å²) in [5, 5.41) is 9.78. The van der Waals surface area contributed by atoms with Gasteiger partial charge in [-0.1, -0.05) is 65.8 Å². The molecule has 1 amide bonds. The van der Waals surface area contributed by atoms with E-state index in [1.54, 1.807) is 0 Å². The van der Waals surface area contributed by atoms with Crippen LogP contribution >= 0.6 is 23.4 Å². The molecule has 1 aromatic heterocycles. The van der Waals surface area contributed by atoms with Crippen molar-refractivity contribution < 1.29 is 4.79 Å². The second-order valence-corrected chi connectivity index (χ2v) is 7.38. The molecule has 140 valence electrons. The van der Waals surface area contributed by atoms with Gasteiger partial charge in [0.2, 0.25) is 5.91 Å². The molecule has 0 spiro atoms. The monoisotopic (exact) mass is 400 g/mol. The Labute approximate surface area is 168 Å². The Kier molecular flexibility index (Phi) is 6.53. The first kappa shape index (κ1) is 19.5. The minimum atomic E-state index is 0.0775. The van der Waals surface area contributed by atoms with Gasteiger partial charge in [0, 0.05) is 25.7 Å². The van der Waals surface area contributed by atoms with Gasteiger partial charge in [-0.3, -0.25) is 4.79 Å². The summed E-state index contributed by atoms with van der Waals surface area (Å²) in [6, 6.07) is 17.5. The van der Waals surface area contributed by atoms with E-state index in [-0.39, 0.29) is 5.91 Å². The number of thioether (sulfide) groups is 1. The van der Waals surface area contributed by atoms with E-state index in [1.807, 2.05) is 78.0 Å². The van der Waals surface area contributed by atoms with Gasteiger partial charge in [-0.05, 0) is 24.6 Å². The molecule has 0 fully saturated rings. The first-order valence-electron chi connectivity index (χ1n) is 8.69. The molecule has 0 atom stereocenters. The summed E-state index contributed by atoms with van der Waals surface area (Å²) >= 11 is 7.64. The van der Waals surface area contributed by atoms with Gasteiger partial charge in [-0.25, -0.2) is 0 Å². The third kappa shape index (κ3) is 4.70. The van der Waals surface area contributed by atoms with Crippen LogP contribution < -0.4 is 0 Å². The molecule has 3 rings (SSSR count). The Hall–Kier alpha value is -2.31. The van der Waals surface area contributed by atoms with Crippen LogP contribution in [0, 0.1) is 0 Å². The maximum Gasteiger partial charge on any atom is 0.233 e. The third-order valence-electron chi connectivity index (χ3n) is 4.23. The van der Waals surface area contributed by atoms with Gasteiger partial charge < -0.3 is 9.47 Å². The predicted molar refractivity (Wildman–Crippen MR) is 110 cm³/mol. The van der Waals surface area contributed by atoms with Crippen molar-refractivity contribution in [3.8, 4) is 11.4 Å². The number of amides is 1. The fourth-order valence-corrected chi connectivity index (χ4v) is 3.75. The lowest BCUT2D eigenvalue weighted by Gasteiger charge is -2.20. The summed E-state index contributed by atoms with van der Waals surface area (Å²) in [6.07, 6.45) is 0. The standard InChI is InChI=1S/C20H21ClN4OS/c1-3-25(13-15-9-5-4-6-10-15)18(26)14-27-20-23-22-19(24(20)2)16-11-7-8-12-17(16)21/h4-12H,3,13-14H2,1-2H3. The summed E-state index contributed by atoms with van der Waals surface area (Å²) in [7, 11) is 1.88. The predicted octanol–water partition coefficient (Wildman–Crippen LogP) is 4.28. The van der Waals surface area contributed by atoms with Gasteiger partial charge in [0.25, 0.3) is 0 Å². The van der Waals surface area contributed by atoms with E-state index in [0.717, 1.165) is 11.1 Å². The SMILES string of the molecule is CCN(Cc1ccccc1)C(=O)CSc1nnc(-c2ccccc2Cl)n1C. The summed E-state index contributed by atoms with van der Waals surface area (Å²) in [6.45, 7) is 3.27.